The summed E-state index contributed by atoms with van der Waals surface area (Å²) in [7, 11) is 0. The molecule has 1 heterocycles. The van der Waals surface area contributed by atoms with Gasteiger partial charge in [0.15, 0.2) is 0 Å². The van der Waals surface area contributed by atoms with E-state index in [1.54, 1.807) is 0 Å². The van der Waals surface area contributed by atoms with E-state index in [-0.39, 0.29) is 11.0 Å². The third kappa shape index (κ3) is 2.34. The zero-order chi connectivity index (χ0) is 14.4. The van der Waals surface area contributed by atoms with E-state index < -0.39 is 0 Å². The average Bonchev–Trinajstić information content (AvgIpc) is 2.40. The fourth-order valence-corrected chi connectivity index (χ4v) is 4.02. The van der Waals surface area contributed by atoms with E-state index in [2.05, 4.69) is 97.2 Å². The molecule has 0 aromatic heterocycles. The molecule has 0 bridgehead atoms. The van der Waals surface area contributed by atoms with Gasteiger partial charge in [-0.2, -0.15) is 0 Å². The molecule has 0 aliphatic carbocycles. The maximum absolute atomic E-state index is 3.69. The summed E-state index contributed by atoms with van der Waals surface area (Å²) in [6.45, 7) is 6.95. The topological polar surface area (TPSA) is 12.0 Å². The van der Waals surface area contributed by atoms with Crippen molar-refractivity contribution in [3.8, 4) is 0 Å². The van der Waals surface area contributed by atoms with E-state index in [1.165, 1.54) is 20.4 Å². The molecule has 1 atom stereocenters. The van der Waals surface area contributed by atoms with Crippen LogP contribution < -0.4 is 5.32 Å². The highest BCUT2D eigenvalue weighted by Gasteiger charge is 2.41. The van der Waals surface area contributed by atoms with Crippen molar-refractivity contribution in [1.29, 1.82) is 0 Å². The molecule has 1 unspecified atom stereocenters. The summed E-state index contributed by atoms with van der Waals surface area (Å²) in [5, 5.41) is 3.69. The molecule has 1 aliphatic heterocycles. The summed E-state index contributed by atoms with van der Waals surface area (Å²) in [4.78, 5) is 0. The standard InChI is InChI=1S/C18H20IN/c1-17(2)12-18(3,13-7-5-4-6-8-13)15-11-14(19)9-10-16(15)20-17/h4-11,20H,12H2,1-3H3. The average molecular weight is 377 g/mol. The Labute approximate surface area is 134 Å². The molecule has 1 aliphatic rings. The maximum atomic E-state index is 3.69. The van der Waals surface area contributed by atoms with Crippen molar-refractivity contribution in [3.63, 3.8) is 0 Å². The minimum atomic E-state index is 0.0620. The first kappa shape index (κ1) is 13.9. The van der Waals surface area contributed by atoms with Crippen LogP contribution in [0.15, 0.2) is 48.5 Å². The van der Waals surface area contributed by atoms with Gasteiger partial charge in [-0.3, -0.25) is 0 Å². The highest BCUT2D eigenvalue weighted by molar-refractivity contribution is 14.1. The number of hydrogen-bond donors (Lipinski definition) is 1. The van der Waals surface area contributed by atoms with Crippen molar-refractivity contribution >= 4 is 28.3 Å². The number of nitrogens with one attached hydrogen (secondary N) is 1. The highest BCUT2D eigenvalue weighted by atomic mass is 127. The second-order valence-corrected chi connectivity index (χ2v) is 7.82. The first-order valence-electron chi connectivity index (χ1n) is 7.04. The zero-order valence-electron chi connectivity index (χ0n) is 12.2. The Morgan fingerprint density at radius 1 is 1.00 bits per heavy atom. The van der Waals surface area contributed by atoms with Crippen LogP contribution in [0.25, 0.3) is 0 Å². The largest absolute Gasteiger partial charge is 0.380 e. The van der Waals surface area contributed by atoms with Crippen LogP contribution in [0.5, 0.6) is 0 Å². The molecule has 0 spiro atoms. The van der Waals surface area contributed by atoms with Crippen LogP contribution in [-0.4, -0.2) is 5.54 Å². The number of hydrogen-bond acceptors (Lipinski definition) is 1. The van der Waals surface area contributed by atoms with Crippen LogP contribution in [0.1, 0.15) is 38.3 Å². The third-order valence-electron chi connectivity index (χ3n) is 4.26. The van der Waals surface area contributed by atoms with Gasteiger partial charge in [0.05, 0.1) is 0 Å². The van der Waals surface area contributed by atoms with Crippen LogP contribution in [0.4, 0.5) is 5.69 Å². The second-order valence-electron chi connectivity index (χ2n) is 6.57. The van der Waals surface area contributed by atoms with Crippen molar-refractivity contribution in [3.05, 3.63) is 63.2 Å². The quantitative estimate of drug-likeness (QED) is 0.675. The van der Waals surface area contributed by atoms with Gasteiger partial charge in [-0.1, -0.05) is 37.3 Å². The third-order valence-corrected chi connectivity index (χ3v) is 4.93. The van der Waals surface area contributed by atoms with E-state index in [9.17, 15) is 0 Å². The SMILES string of the molecule is CC1(C)CC(C)(c2ccccc2)c2cc(I)ccc2N1. The Kier molecular flexibility index (Phi) is 3.32. The predicted molar refractivity (Wildman–Crippen MR) is 94.4 cm³/mol. The number of rotatable bonds is 1. The monoisotopic (exact) mass is 377 g/mol. The van der Waals surface area contributed by atoms with Crippen molar-refractivity contribution in [2.24, 2.45) is 0 Å². The Morgan fingerprint density at radius 2 is 1.70 bits per heavy atom. The van der Waals surface area contributed by atoms with E-state index in [0.717, 1.165) is 6.42 Å². The summed E-state index contributed by atoms with van der Waals surface area (Å²) in [6.07, 6.45) is 1.09. The van der Waals surface area contributed by atoms with Crippen molar-refractivity contribution < 1.29 is 0 Å². The smallest absolute Gasteiger partial charge is 0.0386 e. The van der Waals surface area contributed by atoms with Gasteiger partial charge in [0.25, 0.3) is 0 Å². The fourth-order valence-electron chi connectivity index (χ4n) is 3.53. The number of anilines is 1. The van der Waals surface area contributed by atoms with Gasteiger partial charge >= 0.3 is 0 Å². The molecule has 0 radical (unpaired) electrons. The van der Waals surface area contributed by atoms with Crippen LogP contribution in [0.2, 0.25) is 0 Å². The predicted octanol–water partition coefficient (Wildman–Crippen LogP) is 5.19. The molecular weight excluding hydrogens is 357 g/mol. The Morgan fingerprint density at radius 3 is 2.40 bits per heavy atom. The molecule has 2 heteroatoms. The lowest BCUT2D eigenvalue weighted by Crippen LogP contribution is -2.45. The second kappa shape index (κ2) is 4.76. The van der Waals surface area contributed by atoms with Gasteiger partial charge in [-0.25, -0.2) is 0 Å². The van der Waals surface area contributed by atoms with Crippen LogP contribution in [0.3, 0.4) is 0 Å². The summed E-state index contributed by atoms with van der Waals surface area (Å²) >= 11 is 2.40. The van der Waals surface area contributed by atoms with Gasteiger partial charge in [-0.15, -0.1) is 0 Å². The summed E-state index contributed by atoms with van der Waals surface area (Å²) in [5.74, 6) is 0. The molecule has 1 nitrogen and oxygen atoms in total. The molecule has 0 amide bonds. The molecular formula is C18H20IN. The number of fused-ring (bicyclic) bond motifs is 1. The summed E-state index contributed by atoms with van der Waals surface area (Å²) in [6, 6.07) is 17.6. The first-order chi connectivity index (χ1) is 9.41. The maximum Gasteiger partial charge on any atom is 0.0386 e. The van der Waals surface area contributed by atoms with Crippen LogP contribution in [-0.2, 0) is 5.41 Å². The molecule has 2 aromatic carbocycles. The lowest BCUT2D eigenvalue weighted by atomic mass is 9.66. The van der Waals surface area contributed by atoms with Crippen LogP contribution in [0, 0.1) is 3.57 Å². The van der Waals surface area contributed by atoms with Gasteiger partial charge in [0.1, 0.15) is 0 Å². The summed E-state index contributed by atoms with van der Waals surface area (Å²) in [5.41, 5.74) is 4.25. The van der Waals surface area contributed by atoms with Crippen LogP contribution >= 0.6 is 22.6 Å². The van der Waals surface area contributed by atoms with E-state index in [0.29, 0.717) is 0 Å². The molecule has 20 heavy (non-hydrogen) atoms. The number of benzene rings is 2. The molecule has 1 N–H and O–H groups in total. The van der Waals surface area contributed by atoms with Gasteiger partial charge in [0.2, 0.25) is 0 Å². The van der Waals surface area contributed by atoms with Crippen molar-refractivity contribution in [2.75, 3.05) is 5.32 Å². The normalized spacial score (nSPS) is 23.8. The van der Waals surface area contributed by atoms with Gasteiger partial charge in [-0.05, 0) is 72.2 Å². The lowest BCUT2D eigenvalue weighted by Gasteiger charge is -2.46. The van der Waals surface area contributed by atoms with Crippen molar-refractivity contribution in [1.82, 2.24) is 0 Å². The molecule has 0 fully saturated rings. The first-order valence-corrected chi connectivity index (χ1v) is 8.12. The van der Waals surface area contributed by atoms with E-state index >= 15 is 0 Å². The minimum Gasteiger partial charge on any atom is -0.380 e. The molecule has 3 rings (SSSR count). The minimum absolute atomic E-state index is 0.0620. The van der Waals surface area contributed by atoms with Crippen molar-refractivity contribution in [2.45, 2.75) is 38.1 Å². The van der Waals surface area contributed by atoms with E-state index in [4.69, 9.17) is 0 Å². The zero-order valence-corrected chi connectivity index (χ0v) is 14.4. The highest BCUT2D eigenvalue weighted by Crippen LogP contribution is 2.47. The molecule has 2 aromatic rings. The fraction of sp³-hybridized carbons (Fsp3) is 0.333. The van der Waals surface area contributed by atoms with E-state index in [1.807, 2.05) is 0 Å². The van der Waals surface area contributed by atoms with Gasteiger partial charge < -0.3 is 5.32 Å². The molecule has 0 saturated carbocycles. The Balaban J connectivity index is 2.23. The molecule has 104 valence electrons. The Hall–Kier alpha value is -1.03. The lowest BCUT2D eigenvalue weighted by molar-refractivity contribution is 0.378. The Bertz CT molecular complexity index is 633. The number of halogens is 1. The summed E-state index contributed by atoms with van der Waals surface area (Å²) < 4.78 is 1.30. The molecule has 0 saturated heterocycles. The van der Waals surface area contributed by atoms with Gasteiger partial charge in [0, 0.05) is 20.2 Å².